The topological polar surface area (TPSA) is 66.5 Å². The molecule has 3 aromatic heterocycles. The van der Waals surface area contributed by atoms with Crippen LogP contribution in [-0.2, 0) is 6.54 Å². The van der Waals surface area contributed by atoms with Crippen molar-refractivity contribution < 1.29 is 9.47 Å². The zero-order chi connectivity index (χ0) is 15.9. The van der Waals surface area contributed by atoms with Crippen molar-refractivity contribution in [3.63, 3.8) is 0 Å². The van der Waals surface area contributed by atoms with Gasteiger partial charge in [-0.05, 0) is 23.8 Å². The summed E-state index contributed by atoms with van der Waals surface area (Å²) in [7, 11) is 0. The quantitative estimate of drug-likeness (QED) is 0.580. The van der Waals surface area contributed by atoms with Crippen molar-refractivity contribution in [1.82, 2.24) is 24.1 Å². The fourth-order valence-corrected chi connectivity index (χ4v) is 2.90. The molecule has 0 saturated carbocycles. The van der Waals surface area contributed by atoms with Gasteiger partial charge in [0.2, 0.25) is 6.79 Å². The molecule has 0 amide bonds. The van der Waals surface area contributed by atoms with E-state index in [0.29, 0.717) is 6.54 Å². The fourth-order valence-electron chi connectivity index (χ4n) is 2.90. The number of aromatic nitrogens is 5. The Morgan fingerprint density at radius 3 is 3.00 bits per heavy atom. The van der Waals surface area contributed by atoms with Crippen LogP contribution in [-0.4, -0.2) is 30.9 Å². The SMILES string of the molecule is c1cnc2c(-c3nccn3Cc3ccc4c(c3)OCO4)cnn2c1. The van der Waals surface area contributed by atoms with Gasteiger partial charge in [0.15, 0.2) is 17.1 Å². The lowest BCUT2D eigenvalue weighted by Gasteiger charge is -2.08. The van der Waals surface area contributed by atoms with E-state index in [-0.39, 0.29) is 6.79 Å². The Morgan fingerprint density at radius 1 is 1.04 bits per heavy atom. The number of hydrogen-bond acceptors (Lipinski definition) is 5. The van der Waals surface area contributed by atoms with Gasteiger partial charge in [-0.15, -0.1) is 0 Å². The lowest BCUT2D eigenvalue weighted by molar-refractivity contribution is 0.174. The highest BCUT2D eigenvalue weighted by molar-refractivity contribution is 5.72. The third-order valence-electron chi connectivity index (χ3n) is 4.03. The molecule has 0 fully saturated rings. The maximum atomic E-state index is 5.45. The van der Waals surface area contributed by atoms with Crippen molar-refractivity contribution in [2.24, 2.45) is 0 Å². The van der Waals surface area contributed by atoms with E-state index in [0.717, 1.165) is 34.1 Å². The molecular weight excluding hydrogens is 306 g/mol. The Kier molecular flexibility index (Phi) is 2.78. The molecule has 24 heavy (non-hydrogen) atoms. The second-order valence-corrected chi connectivity index (χ2v) is 5.51. The maximum absolute atomic E-state index is 5.45. The van der Waals surface area contributed by atoms with E-state index in [2.05, 4.69) is 19.6 Å². The molecule has 4 aromatic rings. The summed E-state index contributed by atoms with van der Waals surface area (Å²) in [5.41, 5.74) is 2.81. The van der Waals surface area contributed by atoms with Gasteiger partial charge in [0.1, 0.15) is 5.82 Å². The molecule has 0 atom stereocenters. The summed E-state index contributed by atoms with van der Waals surface area (Å²) in [6, 6.07) is 7.82. The van der Waals surface area contributed by atoms with E-state index in [4.69, 9.17) is 9.47 Å². The summed E-state index contributed by atoms with van der Waals surface area (Å²) in [6.07, 6.45) is 9.16. The first-order valence-corrected chi connectivity index (χ1v) is 7.57. The molecule has 7 nitrogen and oxygen atoms in total. The Labute approximate surface area is 137 Å². The molecular formula is C17H13N5O2. The van der Waals surface area contributed by atoms with E-state index >= 15 is 0 Å². The van der Waals surface area contributed by atoms with E-state index in [9.17, 15) is 0 Å². The maximum Gasteiger partial charge on any atom is 0.231 e. The number of imidazole rings is 1. The van der Waals surface area contributed by atoms with Crippen LogP contribution in [0.25, 0.3) is 17.0 Å². The molecule has 0 N–H and O–H groups in total. The summed E-state index contributed by atoms with van der Waals surface area (Å²) in [4.78, 5) is 8.89. The number of nitrogens with zero attached hydrogens (tertiary/aromatic N) is 5. The Bertz CT molecular complexity index is 1040. The van der Waals surface area contributed by atoms with Crippen molar-refractivity contribution in [3.05, 3.63) is 60.8 Å². The molecule has 5 rings (SSSR count). The Morgan fingerprint density at radius 2 is 2.00 bits per heavy atom. The van der Waals surface area contributed by atoms with Crippen LogP contribution in [0, 0.1) is 0 Å². The predicted molar refractivity (Wildman–Crippen MR) is 85.9 cm³/mol. The number of benzene rings is 1. The second-order valence-electron chi connectivity index (χ2n) is 5.51. The summed E-state index contributed by atoms with van der Waals surface area (Å²) >= 11 is 0. The van der Waals surface area contributed by atoms with Gasteiger partial charge < -0.3 is 14.0 Å². The molecule has 0 aliphatic carbocycles. The molecule has 0 saturated heterocycles. The average Bonchev–Trinajstić information content (AvgIpc) is 3.33. The number of rotatable bonds is 3. The first-order valence-electron chi connectivity index (χ1n) is 7.57. The van der Waals surface area contributed by atoms with Crippen molar-refractivity contribution in [2.45, 2.75) is 6.54 Å². The molecule has 7 heteroatoms. The van der Waals surface area contributed by atoms with Crippen LogP contribution >= 0.6 is 0 Å². The minimum absolute atomic E-state index is 0.281. The van der Waals surface area contributed by atoms with Gasteiger partial charge in [-0.2, -0.15) is 5.10 Å². The lowest BCUT2D eigenvalue weighted by Crippen LogP contribution is -2.01. The zero-order valence-corrected chi connectivity index (χ0v) is 12.7. The van der Waals surface area contributed by atoms with Gasteiger partial charge in [0.05, 0.1) is 11.8 Å². The summed E-state index contributed by atoms with van der Waals surface area (Å²) in [5, 5.41) is 4.33. The van der Waals surface area contributed by atoms with Gasteiger partial charge in [0.25, 0.3) is 0 Å². The van der Waals surface area contributed by atoms with Crippen LogP contribution in [0.5, 0.6) is 11.5 Å². The average molecular weight is 319 g/mol. The van der Waals surface area contributed by atoms with Gasteiger partial charge in [-0.3, -0.25) is 0 Å². The molecule has 1 aliphatic heterocycles. The smallest absolute Gasteiger partial charge is 0.231 e. The third-order valence-corrected chi connectivity index (χ3v) is 4.03. The molecule has 118 valence electrons. The van der Waals surface area contributed by atoms with Crippen molar-refractivity contribution in [1.29, 1.82) is 0 Å². The van der Waals surface area contributed by atoms with Gasteiger partial charge in [-0.25, -0.2) is 14.5 Å². The largest absolute Gasteiger partial charge is 0.454 e. The molecule has 1 aromatic carbocycles. The minimum Gasteiger partial charge on any atom is -0.454 e. The van der Waals surface area contributed by atoms with Crippen molar-refractivity contribution in [3.8, 4) is 22.9 Å². The van der Waals surface area contributed by atoms with Crippen LogP contribution < -0.4 is 9.47 Å². The molecule has 0 radical (unpaired) electrons. The van der Waals surface area contributed by atoms with E-state index in [1.807, 2.05) is 36.7 Å². The third kappa shape index (κ3) is 2.02. The highest BCUT2D eigenvalue weighted by Crippen LogP contribution is 2.33. The van der Waals surface area contributed by atoms with Crippen molar-refractivity contribution >= 4 is 5.65 Å². The first kappa shape index (κ1) is 13.1. The van der Waals surface area contributed by atoms with E-state index < -0.39 is 0 Å². The van der Waals surface area contributed by atoms with E-state index in [1.54, 1.807) is 23.1 Å². The predicted octanol–water partition coefficient (Wildman–Crippen LogP) is 2.37. The number of hydrogen-bond donors (Lipinski definition) is 0. The first-order chi connectivity index (χ1) is 11.9. The standard InChI is InChI=1S/C17H13N5O2/c1-4-18-17-13(9-20-22(17)6-1)16-19-5-7-21(16)10-12-2-3-14-15(8-12)24-11-23-14/h1-9H,10-11H2. The molecule has 0 spiro atoms. The summed E-state index contributed by atoms with van der Waals surface area (Å²) in [5.74, 6) is 2.41. The normalized spacial score (nSPS) is 12.8. The zero-order valence-electron chi connectivity index (χ0n) is 12.7. The highest BCUT2D eigenvalue weighted by Gasteiger charge is 2.16. The second kappa shape index (κ2) is 5.09. The Hall–Kier alpha value is -3.35. The number of fused-ring (bicyclic) bond motifs is 2. The fraction of sp³-hybridized carbons (Fsp3) is 0.118. The lowest BCUT2D eigenvalue weighted by atomic mass is 10.2. The molecule has 1 aliphatic rings. The highest BCUT2D eigenvalue weighted by atomic mass is 16.7. The van der Waals surface area contributed by atoms with Crippen LogP contribution in [0.1, 0.15) is 5.56 Å². The van der Waals surface area contributed by atoms with Gasteiger partial charge in [-0.1, -0.05) is 6.07 Å². The van der Waals surface area contributed by atoms with Crippen LogP contribution in [0.4, 0.5) is 0 Å². The molecule has 4 heterocycles. The van der Waals surface area contributed by atoms with Crippen LogP contribution in [0.15, 0.2) is 55.2 Å². The summed E-state index contributed by atoms with van der Waals surface area (Å²) < 4.78 is 14.6. The van der Waals surface area contributed by atoms with Gasteiger partial charge in [0, 0.05) is 31.3 Å². The van der Waals surface area contributed by atoms with Crippen LogP contribution in [0.3, 0.4) is 0 Å². The Balaban J connectivity index is 1.54. The van der Waals surface area contributed by atoms with Crippen LogP contribution in [0.2, 0.25) is 0 Å². The van der Waals surface area contributed by atoms with Crippen molar-refractivity contribution in [2.75, 3.05) is 6.79 Å². The number of ether oxygens (including phenoxy) is 2. The van der Waals surface area contributed by atoms with E-state index in [1.165, 1.54) is 0 Å². The molecule has 0 bridgehead atoms. The monoisotopic (exact) mass is 319 g/mol. The van der Waals surface area contributed by atoms with Gasteiger partial charge >= 0.3 is 0 Å². The molecule has 0 unspecified atom stereocenters. The summed E-state index contributed by atoms with van der Waals surface area (Å²) in [6.45, 7) is 0.958. The minimum atomic E-state index is 0.281.